The summed E-state index contributed by atoms with van der Waals surface area (Å²) in [5.74, 6) is 0.788. The maximum atomic E-state index is 12.3. The van der Waals surface area contributed by atoms with Crippen molar-refractivity contribution >= 4 is 11.6 Å². The molecular weight excluding hydrogens is 434 g/mol. The van der Waals surface area contributed by atoms with Crippen LogP contribution in [-0.2, 0) is 17.8 Å². The molecule has 4 heteroatoms. The number of anilines is 1. The normalized spacial score (nSPS) is 10.9. The van der Waals surface area contributed by atoms with E-state index in [1.165, 1.54) is 83.5 Å². The topological polar surface area (TPSA) is 58.6 Å². The van der Waals surface area contributed by atoms with Gasteiger partial charge in [-0.05, 0) is 41.8 Å². The van der Waals surface area contributed by atoms with Gasteiger partial charge in [-0.15, -0.1) is 0 Å². The van der Waals surface area contributed by atoms with E-state index < -0.39 is 0 Å². The number of hydrogen-bond acceptors (Lipinski definition) is 3. The summed E-state index contributed by atoms with van der Waals surface area (Å²) in [4.78, 5) is 12.3. The maximum Gasteiger partial charge on any atom is 0.228 e. The van der Waals surface area contributed by atoms with Crippen LogP contribution in [0.25, 0.3) is 0 Å². The van der Waals surface area contributed by atoms with E-state index in [9.17, 15) is 9.90 Å². The van der Waals surface area contributed by atoms with Crippen LogP contribution in [0.4, 0.5) is 5.69 Å². The first-order valence-electron chi connectivity index (χ1n) is 13.9. The Kier molecular flexibility index (Phi) is 15.6. The Morgan fingerprint density at radius 3 is 1.89 bits per heavy atom. The molecule has 2 N–H and O–H groups in total. The molecule has 0 atom stereocenters. The highest BCUT2D eigenvalue weighted by Crippen LogP contribution is 2.16. The third kappa shape index (κ3) is 14.0. The maximum absolute atomic E-state index is 12.3. The number of hydrogen-bond donors (Lipinski definition) is 2. The molecule has 0 bridgehead atoms. The van der Waals surface area contributed by atoms with Crippen molar-refractivity contribution in [3.8, 4) is 5.75 Å². The van der Waals surface area contributed by atoms with Crippen molar-refractivity contribution in [2.75, 3.05) is 11.9 Å². The SMILES string of the molecule is CCCCCCCCCCCCCCCCOc1ccc(CC(=O)Nc2cccc(CO)c2)cc1. The van der Waals surface area contributed by atoms with E-state index in [-0.39, 0.29) is 12.5 Å². The summed E-state index contributed by atoms with van der Waals surface area (Å²) in [5.41, 5.74) is 2.43. The molecule has 4 nitrogen and oxygen atoms in total. The summed E-state index contributed by atoms with van der Waals surface area (Å²) >= 11 is 0. The zero-order valence-electron chi connectivity index (χ0n) is 21.9. The predicted molar refractivity (Wildman–Crippen MR) is 147 cm³/mol. The Balaban J connectivity index is 1.46. The summed E-state index contributed by atoms with van der Waals surface area (Å²) in [6.45, 7) is 2.99. The average molecular weight is 482 g/mol. The third-order valence-corrected chi connectivity index (χ3v) is 6.45. The molecule has 2 rings (SSSR count). The minimum Gasteiger partial charge on any atom is -0.494 e. The lowest BCUT2D eigenvalue weighted by atomic mass is 10.0. The van der Waals surface area contributed by atoms with Crippen molar-refractivity contribution in [3.05, 3.63) is 59.7 Å². The van der Waals surface area contributed by atoms with E-state index in [4.69, 9.17) is 4.74 Å². The molecule has 0 spiro atoms. The zero-order valence-corrected chi connectivity index (χ0v) is 21.9. The summed E-state index contributed by atoms with van der Waals surface area (Å²) in [6.07, 6.45) is 19.3. The van der Waals surface area contributed by atoms with Gasteiger partial charge in [-0.2, -0.15) is 0 Å². The summed E-state index contributed by atoms with van der Waals surface area (Å²) in [5, 5.41) is 12.1. The van der Waals surface area contributed by atoms with Crippen molar-refractivity contribution in [2.24, 2.45) is 0 Å². The summed E-state index contributed by atoms with van der Waals surface area (Å²) in [6, 6.07) is 15.0. The molecule has 0 aliphatic rings. The molecule has 2 aromatic carbocycles. The van der Waals surface area contributed by atoms with Gasteiger partial charge in [0, 0.05) is 5.69 Å². The third-order valence-electron chi connectivity index (χ3n) is 6.45. The fraction of sp³-hybridized carbons (Fsp3) is 0.581. The average Bonchev–Trinajstić information content (AvgIpc) is 2.87. The number of aliphatic hydroxyl groups is 1. The number of ether oxygens (including phenoxy) is 1. The van der Waals surface area contributed by atoms with Crippen LogP contribution in [0.2, 0.25) is 0 Å². The highest BCUT2D eigenvalue weighted by Gasteiger charge is 2.05. The number of amides is 1. The van der Waals surface area contributed by atoms with E-state index in [2.05, 4.69) is 12.2 Å². The first-order chi connectivity index (χ1) is 17.2. The molecule has 2 aromatic rings. The van der Waals surface area contributed by atoms with E-state index in [1.54, 1.807) is 6.07 Å². The van der Waals surface area contributed by atoms with Gasteiger partial charge >= 0.3 is 0 Å². The Labute approximate surface area is 213 Å². The monoisotopic (exact) mass is 481 g/mol. The molecule has 35 heavy (non-hydrogen) atoms. The van der Waals surface area contributed by atoms with Gasteiger partial charge in [0.05, 0.1) is 19.6 Å². The Bertz CT molecular complexity index is 803. The standard InChI is InChI=1S/C31H47NO3/c1-2-3-4-5-6-7-8-9-10-11-12-13-14-15-23-35-30-21-19-27(20-22-30)25-31(34)32-29-18-16-17-28(24-29)26-33/h16-22,24,33H,2-15,23,25-26H2,1H3,(H,32,34). The number of aliphatic hydroxyl groups excluding tert-OH is 1. The number of nitrogens with one attached hydrogen (secondary N) is 1. The van der Waals surface area contributed by atoms with E-state index in [0.29, 0.717) is 12.1 Å². The molecule has 0 fully saturated rings. The summed E-state index contributed by atoms with van der Waals surface area (Å²) < 4.78 is 5.87. The van der Waals surface area contributed by atoms with Crippen LogP contribution in [0.3, 0.4) is 0 Å². The van der Waals surface area contributed by atoms with Crippen LogP contribution in [0.15, 0.2) is 48.5 Å². The largest absolute Gasteiger partial charge is 0.494 e. The Hall–Kier alpha value is -2.33. The molecule has 0 aromatic heterocycles. The Morgan fingerprint density at radius 2 is 1.31 bits per heavy atom. The lowest BCUT2D eigenvalue weighted by molar-refractivity contribution is -0.115. The molecule has 0 heterocycles. The lowest BCUT2D eigenvalue weighted by Gasteiger charge is -2.09. The second-order valence-electron chi connectivity index (χ2n) is 9.67. The van der Waals surface area contributed by atoms with Crippen molar-refractivity contribution in [2.45, 2.75) is 110 Å². The number of unbranched alkanes of at least 4 members (excludes halogenated alkanes) is 13. The van der Waals surface area contributed by atoms with Crippen LogP contribution in [0.5, 0.6) is 5.75 Å². The molecule has 0 unspecified atom stereocenters. The van der Waals surface area contributed by atoms with Crippen molar-refractivity contribution in [1.29, 1.82) is 0 Å². The van der Waals surface area contributed by atoms with Crippen LogP contribution in [0, 0.1) is 0 Å². The van der Waals surface area contributed by atoms with E-state index in [0.717, 1.165) is 29.9 Å². The van der Waals surface area contributed by atoms with Crippen molar-refractivity contribution < 1.29 is 14.6 Å². The molecular formula is C31H47NO3. The molecule has 0 saturated carbocycles. The quantitative estimate of drug-likeness (QED) is 0.187. The molecule has 0 aliphatic carbocycles. The highest BCUT2D eigenvalue weighted by molar-refractivity contribution is 5.92. The van der Waals surface area contributed by atoms with Gasteiger partial charge in [0.15, 0.2) is 0 Å². The molecule has 0 saturated heterocycles. The van der Waals surface area contributed by atoms with Crippen molar-refractivity contribution in [3.63, 3.8) is 0 Å². The van der Waals surface area contributed by atoms with Crippen LogP contribution in [0.1, 0.15) is 108 Å². The number of benzene rings is 2. The number of carbonyl (C=O) groups excluding carboxylic acids is 1. The van der Waals surface area contributed by atoms with Gasteiger partial charge in [0.1, 0.15) is 5.75 Å². The smallest absolute Gasteiger partial charge is 0.228 e. The zero-order chi connectivity index (χ0) is 25.0. The van der Waals surface area contributed by atoms with Gasteiger partial charge < -0.3 is 15.2 Å². The fourth-order valence-electron chi connectivity index (χ4n) is 4.33. The van der Waals surface area contributed by atoms with Crippen molar-refractivity contribution in [1.82, 2.24) is 0 Å². The van der Waals surface area contributed by atoms with Crippen LogP contribution in [-0.4, -0.2) is 17.6 Å². The second-order valence-corrected chi connectivity index (χ2v) is 9.67. The van der Waals surface area contributed by atoms with Gasteiger partial charge in [-0.1, -0.05) is 115 Å². The minimum atomic E-state index is -0.0730. The molecule has 194 valence electrons. The number of rotatable bonds is 20. The second kappa shape index (κ2) is 18.9. The van der Waals surface area contributed by atoms with Crippen LogP contribution >= 0.6 is 0 Å². The minimum absolute atomic E-state index is 0.0372. The van der Waals surface area contributed by atoms with E-state index in [1.807, 2.05) is 42.5 Å². The van der Waals surface area contributed by atoms with Gasteiger partial charge in [0.2, 0.25) is 5.91 Å². The predicted octanol–water partition coefficient (Wildman–Crippen LogP) is 8.22. The first-order valence-corrected chi connectivity index (χ1v) is 13.9. The first kappa shape index (κ1) is 28.9. The highest BCUT2D eigenvalue weighted by atomic mass is 16.5. The van der Waals surface area contributed by atoms with Gasteiger partial charge in [-0.25, -0.2) is 0 Å². The van der Waals surface area contributed by atoms with Crippen LogP contribution < -0.4 is 10.1 Å². The lowest BCUT2D eigenvalue weighted by Crippen LogP contribution is -2.14. The number of carbonyl (C=O) groups is 1. The molecule has 1 amide bonds. The van der Waals surface area contributed by atoms with Gasteiger partial charge in [0.25, 0.3) is 0 Å². The molecule has 0 radical (unpaired) electrons. The Morgan fingerprint density at radius 1 is 0.743 bits per heavy atom. The summed E-state index contributed by atoms with van der Waals surface area (Å²) in [7, 11) is 0. The molecule has 0 aliphatic heterocycles. The van der Waals surface area contributed by atoms with E-state index >= 15 is 0 Å². The van der Waals surface area contributed by atoms with Gasteiger partial charge in [-0.3, -0.25) is 4.79 Å². The fourth-order valence-corrected chi connectivity index (χ4v) is 4.33.